The second-order valence-corrected chi connectivity index (χ2v) is 4.69. The first-order chi connectivity index (χ1) is 7.93. The number of unbranched alkanes of at least 4 members (excludes halogenated alkanes) is 1. The molecule has 0 heterocycles. The molecule has 0 saturated heterocycles. The lowest BCUT2D eigenvalue weighted by Crippen LogP contribution is -2.38. The molecule has 100 valence electrons. The smallest absolute Gasteiger partial charge is 0.317 e. The van der Waals surface area contributed by atoms with Crippen molar-refractivity contribution < 1.29 is 14.7 Å². The highest BCUT2D eigenvalue weighted by Crippen LogP contribution is 2.05. The van der Waals surface area contributed by atoms with Crippen LogP contribution in [-0.2, 0) is 4.79 Å². The SMILES string of the molecule is CC(C)CCCCNC(=O)N(C)CCC(=O)O. The number of aliphatic carboxylic acids is 1. The molecular formula is C12H24N2O3. The van der Waals surface area contributed by atoms with Gasteiger partial charge in [-0.1, -0.05) is 26.7 Å². The van der Waals surface area contributed by atoms with E-state index in [2.05, 4.69) is 19.2 Å². The van der Waals surface area contributed by atoms with Crippen molar-refractivity contribution in [2.45, 2.75) is 39.5 Å². The van der Waals surface area contributed by atoms with Crippen molar-refractivity contribution in [3.8, 4) is 0 Å². The summed E-state index contributed by atoms with van der Waals surface area (Å²) < 4.78 is 0. The summed E-state index contributed by atoms with van der Waals surface area (Å²) in [4.78, 5) is 23.2. The Hall–Kier alpha value is -1.26. The average Bonchev–Trinajstić information content (AvgIpc) is 2.24. The first-order valence-electron chi connectivity index (χ1n) is 6.14. The molecule has 0 bridgehead atoms. The van der Waals surface area contributed by atoms with Gasteiger partial charge in [0.1, 0.15) is 0 Å². The van der Waals surface area contributed by atoms with Gasteiger partial charge in [-0.05, 0) is 12.3 Å². The Morgan fingerprint density at radius 1 is 1.29 bits per heavy atom. The molecule has 0 spiro atoms. The summed E-state index contributed by atoms with van der Waals surface area (Å²) in [7, 11) is 1.60. The van der Waals surface area contributed by atoms with Crippen molar-refractivity contribution in [1.82, 2.24) is 10.2 Å². The molecule has 0 saturated carbocycles. The minimum Gasteiger partial charge on any atom is -0.481 e. The van der Waals surface area contributed by atoms with E-state index in [1.54, 1.807) is 7.05 Å². The predicted octanol–water partition coefficient (Wildman–Crippen LogP) is 1.93. The molecule has 0 aliphatic heterocycles. The normalized spacial score (nSPS) is 10.4. The number of hydrogen-bond donors (Lipinski definition) is 2. The maximum absolute atomic E-state index is 11.5. The summed E-state index contributed by atoms with van der Waals surface area (Å²) in [6.07, 6.45) is 3.23. The van der Waals surface area contributed by atoms with Crippen LogP contribution in [0.25, 0.3) is 0 Å². The maximum Gasteiger partial charge on any atom is 0.317 e. The van der Waals surface area contributed by atoms with Gasteiger partial charge in [0.05, 0.1) is 6.42 Å². The minimum atomic E-state index is -0.887. The van der Waals surface area contributed by atoms with Crippen molar-refractivity contribution in [3.63, 3.8) is 0 Å². The van der Waals surface area contributed by atoms with Crippen molar-refractivity contribution in [1.29, 1.82) is 0 Å². The van der Waals surface area contributed by atoms with Gasteiger partial charge in [-0.15, -0.1) is 0 Å². The molecule has 17 heavy (non-hydrogen) atoms. The largest absolute Gasteiger partial charge is 0.481 e. The molecule has 0 unspecified atom stereocenters. The third-order valence-corrected chi connectivity index (χ3v) is 2.49. The highest BCUT2D eigenvalue weighted by atomic mass is 16.4. The zero-order valence-corrected chi connectivity index (χ0v) is 11.0. The fourth-order valence-corrected chi connectivity index (χ4v) is 1.37. The van der Waals surface area contributed by atoms with Gasteiger partial charge >= 0.3 is 12.0 Å². The Balaban J connectivity index is 3.53. The number of carbonyl (C=O) groups is 2. The number of amides is 2. The van der Waals surface area contributed by atoms with Crippen molar-refractivity contribution >= 4 is 12.0 Å². The molecule has 0 aliphatic rings. The Labute approximate surface area is 103 Å². The standard InChI is InChI=1S/C12H24N2O3/c1-10(2)6-4-5-8-13-12(17)14(3)9-7-11(15)16/h10H,4-9H2,1-3H3,(H,13,17)(H,15,16). The second-order valence-electron chi connectivity index (χ2n) is 4.69. The summed E-state index contributed by atoms with van der Waals surface area (Å²) >= 11 is 0. The Morgan fingerprint density at radius 2 is 1.94 bits per heavy atom. The molecule has 0 aliphatic carbocycles. The van der Waals surface area contributed by atoms with Crippen LogP contribution in [0.3, 0.4) is 0 Å². The number of carbonyl (C=O) groups excluding carboxylic acids is 1. The van der Waals surface area contributed by atoms with Crippen LogP contribution in [0.4, 0.5) is 4.79 Å². The van der Waals surface area contributed by atoms with Crippen molar-refractivity contribution in [3.05, 3.63) is 0 Å². The first-order valence-corrected chi connectivity index (χ1v) is 6.14. The zero-order valence-electron chi connectivity index (χ0n) is 11.0. The monoisotopic (exact) mass is 244 g/mol. The van der Waals surface area contributed by atoms with Crippen LogP contribution in [0.15, 0.2) is 0 Å². The van der Waals surface area contributed by atoms with Gasteiger partial charge in [0.2, 0.25) is 0 Å². The summed E-state index contributed by atoms with van der Waals surface area (Å²) in [5.41, 5.74) is 0. The van der Waals surface area contributed by atoms with Crippen LogP contribution in [0, 0.1) is 5.92 Å². The number of carboxylic acid groups (broad SMARTS) is 1. The van der Waals surface area contributed by atoms with E-state index in [4.69, 9.17) is 5.11 Å². The quantitative estimate of drug-likeness (QED) is 0.641. The average molecular weight is 244 g/mol. The molecule has 2 amide bonds. The molecule has 0 aromatic carbocycles. The maximum atomic E-state index is 11.5. The number of carboxylic acids is 1. The minimum absolute atomic E-state index is 0.0166. The summed E-state index contributed by atoms with van der Waals surface area (Å²) in [6, 6.07) is -0.198. The van der Waals surface area contributed by atoms with E-state index >= 15 is 0 Å². The van der Waals surface area contributed by atoms with Gasteiger partial charge < -0.3 is 15.3 Å². The van der Waals surface area contributed by atoms with Gasteiger partial charge in [0, 0.05) is 20.1 Å². The van der Waals surface area contributed by atoms with Gasteiger partial charge in [-0.3, -0.25) is 4.79 Å². The van der Waals surface area contributed by atoms with Crippen LogP contribution in [0.2, 0.25) is 0 Å². The summed E-state index contributed by atoms with van der Waals surface area (Å²) in [6.45, 7) is 5.26. The third kappa shape index (κ3) is 9.66. The van der Waals surface area contributed by atoms with E-state index in [9.17, 15) is 9.59 Å². The van der Waals surface area contributed by atoms with E-state index in [1.807, 2.05) is 0 Å². The van der Waals surface area contributed by atoms with Gasteiger partial charge in [-0.25, -0.2) is 4.79 Å². The molecule has 0 radical (unpaired) electrons. The number of rotatable bonds is 8. The molecular weight excluding hydrogens is 220 g/mol. The van der Waals surface area contributed by atoms with Crippen LogP contribution in [0.5, 0.6) is 0 Å². The fraction of sp³-hybridized carbons (Fsp3) is 0.833. The Bertz CT molecular complexity index is 242. The highest BCUT2D eigenvalue weighted by molar-refractivity contribution is 5.74. The third-order valence-electron chi connectivity index (χ3n) is 2.49. The van der Waals surface area contributed by atoms with Crippen molar-refractivity contribution in [2.75, 3.05) is 20.1 Å². The Kier molecular flexibility index (Phi) is 8.19. The van der Waals surface area contributed by atoms with E-state index in [0.29, 0.717) is 12.5 Å². The molecule has 0 fully saturated rings. The number of nitrogens with one attached hydrogen (secondary N) is 1. The van der Waals surface area contributed by atoms with Crippen molar-refractivity contribution in [2.24, 2.45) is 5.92 Å². The Morgan fingerprint density at radius 3 is 2.47 bits per heavy atom. The number of nitrogens with zero attached hydrogens (tertiary/aromatic N) is 1. The fourth-order valence-electron chi connectivity index (χ4n) is 1.37. The van der Waals surface area contributed by atoms with E-state index < -0.39 is 5.97 Å². The molecule has 0 aromatic rings. The predicted molar refractivity (Wildman–Crippen MR) is 67.0 cm³/mol. The zero-order chi connectivity index (χ0) is 13.3. The lowest BCUT2D eigenvalue weighted by Gasteiger charge is -2.16. The van der Waals surface area contributed by atoms with E-state index in [-0.39, 0.29) is 19.0 Å². The number of urea groups is 1. The van der Waals surface area contributed by atoms with Crippen LogP contribution in [-0.4, -0.2) is 42.1 Å². The van der Waals surface area contributed by atoms with Crippen LogP contribution >= 0.6 is 0 Å². The topological polar surface area (TPSA) is 69.6 Å². The highest BCUT2D eigenvalue weighted by Gasteiger charge is 2.08. The molecule has 0 atom stereocenters. The molecule has 5 heteroatoms. The molecule has 5 nitrogen and oxygen atoms in total. The second kappa shape index (κ2) is 8.84. The van der Waals surface area contributed by atoms with Gasteiger partial charge in [-0.2, -0.15) is 0 Å². The van der Waals surface area contributed by atoms with Gasteiger partial charge in [0.15, 0.2) is 0 Å². The summed E-state index contributed by atoms with van der Waals surface area (Å²) in [5.74, 6) is -0.189. The van der Waals surface area contributed by atoms with Crippen LogP contribution in [0.1, 0.15) is 39.5 Å². The first kappa shape index (κ1) is 15.7. The number of hydrogen-bond acceptors (Lipinski definition) is 2. The molecule has 0 rings (SSSR count). The van der Waals surface area contributed by atoms with E-state index in [1.165, 1.54) is 11.3 Å². The van der Waals surface area contributed by atoms with Gasteiger partial charge in [0.25, 0.3) is 0 Å². The van der Waals surface area contributed by atoms with Crippen LogP contribution < -0.4 is 5.32 Å². The molecule has 0 aromatic heterocycles. The summed E-state index contributed by atoms with van der Waals surface area (Å²) in [5, 5.41) is 11.3. The van der Waals surface area contributed by atoms with E-state index in [0.717, 1.165) is 12.8 Å². The molecule has 2 N–H and O–H groups in total. The lowest BCUT2D eigenvalue weighted by molar-refractivity contribution is -0.137. The lowest BCUT2D eigenvalue weighted by atomic mass is 10.1.